The van der Waals surface area contributed by atoms with Gasteiger partial charge in [0, 0.05) is 19.2 Å². The molecule has 0 bridgehead atoms. The second kappa shape index (κ2) is 7.33. The first-order valence-corrected chi connectivity index (χ1v) is 7.32. The van der Waals surface area contributed by atoms with Crippen LogP contribution in [0.2, 0.25) is 0 Å². The quantitative estimate of drug-likeness (QED) is 0.844. The molecule has 0 saturated carbocycles. The van der Waals surface area contributed by atoms with Gasteiger partial charge in [-0.05, 0) is 25.0 Å². The van der Waals surface area contributed by atoms with Crippen molar-refractivity contribution in [2.75, 3.05) is 13.2 Å². The molecule has 2 aromatic rings. The zero-order valence-corrected chi connectivity index (χ0v) is 12.1. The van der Waals surface area contributed by atoms with E-state index in [-0.39, 0.29) is 18.5 Å². The van der Waals surface area contributed by atoms with Crippen LogP contribution in [0.1, 0.15) is 24.6 Å². The maximum Gasteiger partial charge on any atom is 0.240 e. The fraction of sp³-hybridized carbons (Fsp3) is 0.467. The number of hydrogen-bond donors (Lipinski definition) is 1. The van der Waals surface area contributed by atoms with Gasteiger partial charge in [-0.3, -0.25) is 0 Å². The highest BCUT2D eigenvalue weighted by Crippen LogP contribution is 2.13. The lowest BCUT2D eigenvalue weighted by Crippen LogP contribution is -2.25. The molecule has 0 spiro atoms. The molecule has 6 nitrogen and oxygen atoms in total. The van der Waals surface area contributed by atoms with Crippen molar-refractivity contribution < 1.29 is 18.4 Å². The molecule has 1 fully saturated rings. The molecule has 1 aromatic heterocycles. The van der Waals surface area contributed by atoms with Crippen LogP contribution in [0.5, 0.6) is 5.75 Å². The van der Waals surface area contributed by atoms with Crippen LogP contribution in [0.25, 0.3) is 0 Å². The summed E-state index contributed by atoms with van der Waals surface area (Å²) in [6.07, 6.45) is 2.48. The molecular formula is C15H18FN3O3. The lowest BCUT2D eigenvalue weighted by molar-refractivity contribution is 0.109. The van der Waals surface area contributed by atoms with Gasteiger partial charge in [0.25, 0.3) is 0 Å². The number of aromatic nitrogens is 2. The molecule has 7 heteroatoms. The first-order chi connectivity index (χ1) is 10.8. The Balaban J connectivity index is 1.42. The van der Waals surface area contributed by atoms with Crippen molar-refractivity contribution in [3.05, 3.63) is 41.8 Å². The van der Waals surface area contributed by atoms with Crippen molar-refractivity contribution in [1.82, 2.24) is 15.5 Å². The van der Waals surface area contributed by atoms with Gasteiger partial charge in [0.05, 0.1) is 12.6 Å². The van der Waals surface area contributed by atoms with E-state index in [1.807, 2.05) is 0 Å². The molecule has 1 N–H and O–H groups in total. The second-order valence-electron chi connectivity index (χ2n) is 5.12. The highest BCUT2D eigenvalue weighted by Gasteiger charge is 2.15. The van der Waals surface area contributed by atoms with Crippen molar-refractivity contribution >= 4 is 0 Å². The van der Waals surface area contributed by atoms with Crippen molar-refractivity contribution in [2.45, 2.75) is 32.1 Å². The van der Waals surface area contributed by atoms with Crippen molar-refractivity contribution in [3.63, 3.8) is 0 Å². The van der Waals surface area contributed by atoms with E-state index in [0.29, 0.717) is 24.0 Å². The van der Waals surface area contributed by atoms with Crippen molar-refractivity contribution in [1.29, 1.82) is 0 Å². The van der Waals surface area contributed by atoms with E-state index in [1.165, 1.54) is 12.1 Å². The van der Waals surface area contributed by atoms with Gasteiger partial charge in [0.2, 0.25) is 11.7 Å². The Morgan fingerprint density at radius 3 is 3.18 bits per heavy atom. The molecule has 3 rings (SSSR count). The molecule has 0 aliphatic carbocycles. The van der Waals surface area contributed by atoms with Gasteiger partial charge in [-0.15, -0.1) is 0 Å². The van der Waals surface area contributed by atoms with Crippen molar-refractivity contribution in [2.24, 2.45) is 0 Å². The Morgan fingerprint density at radius 1 is 1.41 bits per heavy atom. The summed E-state index contributed by atoms with van der Waals surface area (Å²) in [7, 11) is 0. The fourth-order valence-electron chi connectivity index (χ4n) is 2.27. The van der Waals surface area contributed by atoms with Gasteiger partial charge in [-0.25, -0.2) is 4.39 Å². The lowest BCUT2D eigenvalue weighted by atomic mass is 10.2. The number of nitrogens with one attached hydrogen (secondary N) is 1. The molecule has 22 heavy (non-hydrogen) atoms. The minimum atomic E-state index is -0.343. The van der Waals surface area contributed by atoms with Gasteiger partial charge < -0.3 is 19.3 Å². The predicted molar refractivity (Wildman–Crippen MR) is 75.7 cm³/mol. The lowest BCUT2D eigenvalue weighted by Gasteiger charge is -2.08. The summed E-state index contributed by atoms with van der Waals surface area (Å²) in [4.78, 5) is 4.21. The third-order valence-corrected chi connectivity index (χ3v) is 3.35. The molecule has 118 valence electrons. The average Bonchev–Trinajstić information content (AvgIpc) is 3.17. The Morgan fingerprint density at radius 2 is 2.36 bits per heavy atom. The van der Waals surface area contributed by atoms with Gasteiger partial charge in [0.1, 0.15) is 11.6 Å². The van der Waals surface area contributed by atoms with Gasteiger partial charge in [-0.1, -0.05) is 11.2 Å². The molecule has 2 heterocycles. The van der Waals surface area contributed by atoms with Gasteiger partial charge >= 0.3 is 0 Å². The molecule has 1 unspecified atom stereocenters. The topological polar surface area (TPSA) is 69.4 Å². The molecule has 1 aromatic carbocycles. The zero-order chi connectivity index (χ0) is 15.2. The number of ether oxygens (including phenoxy) is 2. The first-order valence-electron chi connectivity index (χ1n) is 7.32. The van der Waals surface area contributed by atoms with E-state index in [4.69, 9.17) is 14.0 Å². The van der Waals surface area contributed by atoms with Crippen LogP contribution in [-0.2, 0) is 17.9 Å². The zero-order valence-electron chi connectivity index (χ0n) is 12.1. The number of halogens is 1. The number of hydrogen-bond acceptors (Lipinski definition) is 6. The van der Waals surface area contributed by atoms with E-state index >= 15 is 0 Å². The number of benzene rings is 1. The van der Waals surface area contributed by atoms with E-state index in [1.54, 1.807) is 12.1 Å². The molecule has 1 aliphatic rings. The van der Waals surface area contributed by atoms with Crippen LogP contribution in [0.15, 0.2) is 28.8 Å². The van der Waals surface area contributed by atoms with Gasteiger partial charge in [-0.2, -0.15) is 4.98 Å². The van der Waals surface area contributed by atoms with Crippen LogP contribution < -0.4 is 10.1 Å². The summed E-state index contributed by atoms with van der Waals surface area (Å²) < 4.78 is 29.1. The smallest absolute Gasteiger partial charge is 0.240 e. The number of nitrogens with zero attached hydrogens (tertiary/aromatic N) is 2. The van der Waals surface area contributed by atoms with E-state index in [2.05, 4.69) is 15.5 Å². The molecule has 1 aliphatic heterocycles. The summed E-state index contributed by atoms with van der Waals surface area (Å²) in [6, 6.07) is 5.93. The Bertz CT molecular complexity index is 599. The Hall–Kier alpha value is -1.99. The fourth-order valence-corrected chi connectivity index (χ4v) is 2.27. The summed E-state index contributed by atoms with van der Waals surface area (Å²) in [5, 5.41) is 7.05. The highest BCUT2D eigenvalue weighted by atomic mass is 19.1. The van der Waals surface area contributed by atoms with Crippen molar-refractivity contribution in [3.8, 4) is 5.75 Å². The van der Waals surface area contributed by atoms with Crippen LogP contribution in [0.4, 0.5) is 4.39 Å². The molecule has 1 saturated heterocycles. The number of rotatable bonds is 7. The van der Waals surface area contributed by atoms with E-state index in [9.17, 15) is 4.39 Å². The molecule has 0 amide bonds. The Kier molecular flexibility index (Phi) is 4.97. The largest absolute Gasteiger partial charge is 0.485 e. The second-order valence-corrected chi connectivity index (χ2v) is 5.12. The summed E-state index contributed by atoms with van der Waals surface area (Å²) in [5.74, 6) is 1.02. The highest BCUT2D eigenvalue weighted by molar-refractivity contribution is 5.22. The van der Waals surface area contributed by atoms with E-state index < -0.39 is 0 Å². The first kappa shape index (κ1) is 14.9. The maximum absolute atomic E-state index is 13.0. The summed E-state index contributed by atoms with van der Waals surface area (Å²) in [6.45, 7) is 2.25. The minimum absolute atomic E-state index is 0.138. The maximum atomic E-state index is 13.0. The average molecular weight is 307 g/mol. The predicted octanol–water partition coefficient (Wildman–Crippen LogP) is 2.06. The minimum Gasteiger partial charge on any atom is -0.485 e. The Labute approximate surface area is 127 Å². The van der Waals surface area contributed by atoms with Crippen LogP contribution in [0, 0.1) is 5.82 Å². The normalized spacial score (nSPS) is 17.8. The third-order valence-electron chi connectivity index (χ3n) is 3.35. The molecule has 1 atom stereocenters. The monoisotopic (exact) mass is 307 g/mol. The summed E-state index contributed by atoms with van der Waals surface area (Å²) >= 11 is 0. The molecule has 0 radical (unpaired) electrons. The SMILES string of the molecule is Fc1cccc(OCc2noc(CNCC3CCCO3)n2)c1. The van der Waals surface area contributed by atoms with E-state index in [0.717, 1.165) is 26.0 Å². The molecular weight excluding hydrogens is 289 g/mol. The van der Waals surface area contributed by atoms with Crippen LogP contribution >= 0.6 is 0 Å². The van der Waals surface area contributed by atoms with Crippen LogP contribution in [-0.4, -0.2) is 29.4 Å². The standard InChI is InChI=1S/C15H18FN3O3/c16-11-3-1-4-12(7-11)21-10-14-18-15(22-19-14)9-17-8-13-5-2-6-20-13/h1,3-4,7,13,17H,2,5-6,8-10H2. The van der Waals surface area contributed by atoms with Crippen LogP contribution in [0.3, 0.4) is 0 Å². The van der Waals surface area contributed by atoms with Gasteiger partial charge in [0.15, 0.2) is 6.61 Å². The summed E-state index contributed by atoms with van der Waals surface area (Å²) in [5.41, 5.74) is 0. The third kappa shape index (κ3) is 4.25.